The summed E-state index contributed by atoms with van der Waals surface area (Å²) in [6, 6.07) is 5.17. The molecule has 1 aromatic carbocycles. The summed E-state index contributed by atoms with van der Waals surface area (Å²) in [5.74, 6) is 0.621. The van der Waals surface area contributed by atoms with Crippen LogP contribution in [0.4, 0.5) is 5.69 Å². The van der Waals surface area contributed by atoms with Crippen LogP contribution in [0.3, 0.4) is 0 Å². The molecule has 2 N–H and O–H groups in total. The number of amidine groups is 1. The summed E-state index contributed by atoms with van der Waals surface area (Å²) in [5, 5.41) is 11.4. The van der Waals surface area contributed by atoms with E-state index in [9.17, 15) is 13.2 Å². The lowest BCUT2D eigenvalue weighted by Gasteiger charge is -2.34. The molecular formula is C23H26N6O4S. The number of hydrogen-bond acceptors (Lipinski definition) is 8. The molecule has 4 heterocycles. The Bertz CT molecular complexity index is 1330. The SMILES string of the molecule is Cc1[nH]ncc1-c1ccc(N=C2NN=C3CCN(CC=O)C(C4CCOC4)=C32)c(S(C)(=O)=O)c1. The van der Waals surface area contributed by atoms with E-state index in [2.05, 4.69) is 25.6 Å². The fourth-order valence-electron chi connectivity index (χ4n) is 4.74. The van der Waals surface area contributed by atoms with E-state index < -0.39 is 9.84 Å². The van der Waals surface area contributed by atoms with Crippen LogP contribution in [-0.2, 0) is 19.4 Å². The fraction of sp³-hybridized carbons (Fsp3) is 0.391. The molecule has 0 spiro atoms. The van der Waals surface area contributed by atoms with E-state index in [4.69, 9.17) is 9.73 Å². The zero-order valence-corrected chi connectivity index (χ0v) is 19.9. The van der Waals surface area contributed by atoms with Gasteiger partial charge in [-0.3, -0.25) is 10.5 Å². The number of aromatic nitrogens is 2. The Hall–Kier alpha value is -3.31. The number of nitrogens with zero attached hydrogens (tertiary/aromatic N) is 4. The summed E-state index contributed by atoms with van der Waals surface area (Å²) < 4.78 is 31.0. The third kappa shape index (κ3) is 4.05. The van der Waals surface area contributed by atoms with Crippen LogP contribution in [0.1, 0.15) is 18.5 Å². The molecule has 34 heavy (non-hydrogen) atoms. The number of benzene rings is 1. The van der Waals surface area contributed by atoms with Crippen molar-refractivity contribution in [1.82, 2.24) is 20.5 Å². The van der Waals surface area contributed by atoms with Crippen LogP contribution in [0.5, 0.6) is 0 Å². The van der Waals surface area contributed by atoms with Gasteiger partial charge < -0.3 is 14.4 Å². The maximum absolute atomic E-state index is 12.7. The number of carbonyl (C=O) groups excluding carboxylic acids is 1. The zero-order chi connectivity index (χ0) is 23.9. The lowest BCUT2D eigenvalue weighted by molar-refractivity contribution is -0.108. The van der Waals surface area contributed by atoms with E-state index in [0.717, 1.165) is 46.5 Å². The topological polar surface area (TPSA) is 129 Å². The average molecular weight is 483 g/mol. The van der Waals surface area contributed by atoms with Crippen molar-refractivity contribution >= 4 is 33.4 Å². The van der Waals surface area contributed by atoms with Crippen molar-refractivity contribution in [3.05, 3.63) is 41.4 Å². The lowest BCUT2D eigenvalue weighted by atomic mass is 9.91. The maximum atomic E-state index is 12.7. The predicted molar refractivity (Wildman–Crippen MR) is 128 cm³/mol. The maximum Gasteiger partial charge on any atom is 0.177 e. The molecule has 0 amide bonds. The summed E-state index contributed by atoms with van der Waals surface area (Å²) in [7, 11) is -3.58. The smallest absolute Gasteiger partial charge is 0.177 e. The Morgan fingerprint density at radius 1 is 1.35 bits per heavy atom. The van der Waals surface area contributed by atoms with Crippen LogP contribution in [0, 0.1) is 12.8 Å². The minimum absolute atomic E-state index is 0.125. The van der Waals surface area contributed by atoms with Crippen molar-refractivity contribution in [2.24, 2.45) is 16.0 Å². The summed E-state index contributed by atoms with van der Waals surface area (Å²) in [5.41, 5.74) is 8.46. The largest absolute Gasteiger partial charge is 0.381 e. The normalized spacial score (nSPS) is 21.6. The predicted octanol–water partition coefficient (Wildman–Crippen LogP) is 1.97. The Labute approximate surface area is 197 Å². The van der Waals surface area contributed by atoms with Crippen molar-refractivity contribution in [2.45, 2.75) is 24.7 Å². The van der Waals surface area contributed by atoms with Gasteiger partial charge in [0.1, 0.15) is 6.29 Å². The first-order valence-corrected chi connectivity index (χ1v) is 13.0. The molecular weight excluding hydrogens is 456 g/mol. The molecule has 1 saturated heterocycles. The number of hydrogen-bond donors (Lipinski definition) is 2. The minimum Gasteiger partial charge on any atom is -0.381 e. The van der Waals surface area contributed by atoms with E-state index in [-0.39, 0.29) is 17.4 Å². The number of ether oxygens (including phenoxy) is 1. The quantitative estimate of drug-likeness (QED) is 0.602. The van der Waals surface area contributed by atoms with E-state index in [1.54, 1.807) is 18.3 Å². The number of fused-ring (bicyclic) bond motifs is 1. The number of H-pyrrole nitrogens is 1. The van der Waals surface area contributed by atoms with Gasteiger partial charge >= 0.3 is 0 Å². The van der Waals surface area contributed by atoms with Gasteiger partial charge in [0.25, 0.3) is 0 Å². The first-order valence-electron chi connectivity index (χ1n) is 11.1. The molecule has 0 aliphatic carbocycles. The molecule has 1 aromatic heterocycles. The first-order chi connectivity index (χ1) is 16.4. The summed E-state index contributed by atoms with van der Waals surface area (Å²) >= 11 is 0. The van der Waals surface area contributed by atoms with Gasteiger partial charge in [0.2, 0.25) is 0 Å². The van der Waals surface area contributed by atoms with Crippen molar-refractivity contribution in [1.29, 1.82) is 0 Å². The molecule has 0 saturated carbocycles. The molecule has 1 atom stereocenters. The monoisotopic (exact) mass is 482 g/mol. The highest BCUT2D eigenvalue weighted by molar-refractivity contribution is 7.90. The number of aliphatic imine (C=N–C) groups is 1. The van der Waals surface area contributed by atoms with E-state index >= 15 is 0 Å². The number of rotatable bonds is 6. The lowest BCUT2D eigenvalue weighted by Crippen LogP contribution is -2.38. The average Bonchev–Trinajstić information content (AvgIpc) is 3.56. The third-order valence-electron chi connectivity index (χ3n) is 6.38. The highest BCUT2D eigenvalue weighted by atomic mass is 32.2. The Morgan fingerprint density at radius 2 is 2.21 bits per heavy atom. The van der Waals surface area contributed by atoms with Crippen molar-refractivity contribution in [3.63, 3.8) is 0 Å². The second kappa shape index (κ2) is 8.80. The second-order valence-corrected chi connectivity index (χ2v) is 10.7. The molecule has 1 unspecified atom stereocenters. The third-order valence-corrected chi connectivity index (χ3v) is 7.51. The number of aldehydes is 1. The van der Waals surface area contributed by atoms with Gasteiger partial charge in [-0.2, -0.15) is 10.2 Å². The van der Waals surface area contributed by atoms with E-state index in [1.165, 1.54) is 6.26 Å². The first kappa shape index (κ1) is 22.5. The van der Waals surface area contributed by atoms with Crippen LogP contribution in [0.25, 0.3) is 11.1 Å². The van der Waals surface area contributed by atoms with Crippen LogP contribution in [-0.4, -0.2) is 73.9 Å². The van der Waals surface area contributed by atoms with Crippen molar-refractivity contribution < 1.29 is 17.9 Å². The van der Waals surface area contributed by atoms with Gasteiger partial charge in [-0.05, 0) is 31.0 Å². The van der Waals surface area contributed by atoms with Gasteiger partial charge in [-0.1, -0.05) is 6.07 Å². The van der Waals surface area contributed by atoms with E-state index in [0.29, 0.717) is 37.7 Å². The van der Waals surface area contributed by atoms with Crippen LogP contribution in [0.15, 0.2) is 50.7 Å². The number of aromatic amines is 1. The molecule has 10 nitrogen and oxygen atoms in total. The molecule has 2 aromatic rings. The molecule has 3 aliphatic heterocycles. The summed E-state index contributed by atoms with van der Waals surface area (Å²) in [6.45, 7) is 4.09. The van der Waals surface area contributed by atoms with Crippen LogP contribution in [0.2, 0.25) is 0 Å². The number of aryl methyl sites for hydroxylation is 1. The molecule has 3 aliphatic rings. The summed E-state index contributed by atoms with van der Waals surface area (Å²) in [4.78, 5) is 18.3. The van der Waals surface area contributed by atoms with Crippen LogP contribution >= 0.6 is 0 Å². The number of nitrogens with one attached hydrogen (secondary N) is 2. The van der Waals surface area contributed by atoms with E-state index in [1.807, 2.05) is 13.0 Å². The zero-order valence-electron chi connectivity index (χ0n) is 19.0. The number of carbonyl (C=O) groups is 1. The highest BCUT2D eigenvalue weighted by Crippen LogP contribution is 2.36. The van der Waals surface area contributed by atoms with Crippen molar-refractivity contribution in [3.8, 4) is 11.1 Å². The standard InChI is InChI=1S/C23H26N6O4S/c1-14-17(12-24-26-14)15-3-4-18(20(11-15)34(2,31)32)25-23-21-19(27-28-23)5-7-29(8-9-30)22(21)16-6-10-33-13-16/h3-4,9,11-12,16H,5-8,10,13H2,1-2H3,(H,24,26)(H,25,28). The van der Waals surface area contributed by atoms with Crippen LogP contribution < -0.4 is 5.43 Å². The molecule has 0 bridgehead atoms. The Balaban J connectivity index is 1.63. The van der Waals surface area contributed by atoms with Gasteiger partial charge in [-0.25, -0.2) is 13.4 Å². The molecule has 11 heteroatoms. The number of hydrazone groups is 1. The molecule has 0 radical (unpaired) electrons. The molecule has 178 valence electrons. The Morgan fingerprint density at radius 3 is 2.88 bits per heavy atom. The van der Waals surface area contributed by atoms with Crippen molar-refractivity contribution in [2.75, 3.05) is 32.6 Å². The molecule has 1 fully saturated rings. The van der Waals surface area contributed by atoms with Gasteiger partial charge in [0, 0.05) is 48.7 Å². The van der Waals surface area contributed by atoms with Gasteiger partial charge in [0.05, 0.1) is 41.2 Å². The number of sulfone groups is 1. The summed E-state index contributed by atoms with van der Waals surface area (Å²) in [6.07, 6.45) is 5.27. The fourth-order valence-corrected chi connectivity index (χ4v) is 5.58. The Kier molecular flexibility index (Phi) is 5.82. The van der Waals surface area contributed by atoms with Gasteiger partial charge in [0.15, 0.2) is 15.7 Å². The minimum atomic E-state index is -3.58. The molecule has 5 rings (SSSR count). The second-order valence-electron chi connectivity index (χ2n) is 8.68. The van der Waals surface area contributed by atoms with Gasteiger partial charge in [-0.15, -0.1) is 0 Å². The highest BCUT2D eigenvalue weighted by Gasteiger charge is 2.37.